The number of hydrogen-bond acceptors (Lipinski definition) is 22. The van der Waals surface area contributed by atoms with Crippen LogP contribution in [-0.4, -0.2) is 215 Å². The molecule has 128 heavy (non-hydrogen) atoms. The molecule has 8 spiro atoms. The van der Waals surface area contributed by atoms with Gasteiger partial charge in [-0.15, -0.1) is 0 Å². The van der Waals surface area contributed by atoms with Crippen LogP contribution in [0.3, 0.4) is 0 Å². The summed E-state index contributed by atoms with van der Waals surface area (Å²) in [6.45, 7) is 56.1. The van der Waals surface area contributed by atoms with Crippen molar-refractivity contribution in [2.75, 3.05) is 13.2 Å². The lowest BCUT2D eigenvalue weighted by molar-refractivity contribution is -0.340. The second-order valence-electron chi connectivity index (χ2n) is 55.1. The lowest BCUT2D eigenvalue weighted by Crippen LogP contribution is -2.61. The number of esters is 1. The van der Waals surface area contributed by atoms with Gasteiger partial charge in [0.1, 0.15) is 61.0 Å². The van der Waals surface area contributed by atoms with Crippen molar-refractivity contribution in [1.29, 1.82) is 0 Å². The first-order chi connectivity index (χ1) is 58.6. The minimum atomic E-state index is -1.75. The SMILES string of the molecule is C.CC(=O)OC(C1CC(C)C2C(O)(O1)C(O)C1(C)C3CCC4C(C)(C)C(OC5OCC(O)C(O)C5O)CCC45CC35CCC21C)C(C)(C)C.CC1CC2OC3(OC2C(C)(C)C)C1C1(C)CCC24CC25CCC(O)C(C)(C)C5CCC4C1(C)C3O.CC1CC2OC3(OC2C(C)(C)C)C1C1(C)CCC24CC25CCC(OC2OCC(O)C(O)C2O)C(C)(C)C5CCC4C1(C)C3O. The number of aliphatic hydroxyl groups excluding tert-OH is 10. The quantitative estimate of drug-likeness (QED) is 0.0869. The zero-order valence-corrected chi connectivity index (χ0v) is 82.3. The monoisotopic (exact) mass is 1800 g/mol. The van der Waals surface area contributed by atoms with E-state index in [0.29, 0.717) is 58.7 Å². The number of carbonyl (C=O) groups is 1. The third-order valence-electron chi connectivity index (χ3n) is 46.4. The summed E-state index contributed by atoms with van der Waals surface area (Å²) in [5.74, 6) is -0.131. The van der Waals surface area contributed by atoms with Gasteiger partial charge in [-0.3, -0.25) is 4.79 Å². The molecule has 22 nitrogen and oxygen atoms in total. The summed E-state index contributed by atoms with van der Waals surface area (Å²) in [6, 6.07) is 0. The summed E-state index contributed by atoms with van der Waals surface area (Å²) < 4.78 is 64.9. The Morgan fingerprint density at radius 2 is 0.727 bits per heavy atom. The minimum Gasteiger partial charge on any atom is -0.459 e. The molecular weight excluding hydrogens is 1630 g/mol. The average molecular weight is 1800 g/mol. The molecule has 22 fully saturated rings. The molecule has 22 heteroatoms. The molecule has 0 amide bonds. The van der Waals surface area contributed by atoms with Crippen LogP contribution in [0.1, 0.15) is 335 Å². The van der Waals surface area contributed by atoms with Crippen LogP contribution in [0.2, 0.25) is 0 Å². The molecular formula is C106H174O22. The molecule has 15 saturated carbocycles. The van der Waals surface area contributed by atoms with Crippen molar-refractivity contribution in [3.63, 3.8) is 0 Å². The Balaban J connectivity index is 0.000000126. The highest BCUT2D eigenvalue weighted by Gasteiger charge is 2.93. The molecule has 4 bridgehead atoms. The number of fused-ring (bicyclic) bond motifs is 12. The molecule has 22 aliphatic rings. The molecule has 15 aliphatic carbocycles. The predicted molar refractivity (Wildman–Crippen MR) is 479 cm³/mol. The van der Waals surface area contributed by atoms with Crippen molar-refractivity contribution in [1.82, 2.24) is 0 Å². The molecule has 0 radical (unpaired) electrons. The lowest BCUT2D eigenvalue weighted by atomic mass is 9.41. The Labute approximate surface area is 766 Å². The molecule has 11 N–H and O–H groups in total. The summed E-state index contributed by atoms with van der Waals surface area (Å²) >= 11 is 0. The standard InChI is InChI=1S/C38H62O10.C36H58O8.C31H50O4.CH4/c1-19-16-22(29(32(3,4)5)46-20(2)39)48-38(44)28(19)34(8)14-15-37-18-36(37)13-12-25(47-30-27(42)26(41)21(40)17-45-30)33(6,7)23(36)10-11-24(37)35(34,9)31(38)43;1-18-15-20-27(30(2,3)4)44-36(43-20)26(18)32(7)13-14-35-17-34(35)12-11-23(42-28-25(39)24(38)19(37)16-41-28)31(5,6)21(34)9-10-22(35)33(32,8)29(36)40;1-17-15-18-23(25(2,3)4)35-31(34-18)22(17)27(7)13-14-30-16-29(30)12-11-21(32)26(5,6)19(29)9-10-20(30)28(27,8)24(31)33;/h19,21-31,40-44H,10-18H2,1-9H3;18-29,37-40H,9-17H2,1-8H3;17-24,32-33H,9-16H2,1-8H3;1H4. The zero-order chi connectivity index (χ0) is 92.0. The topological polar surface area (TPSA) is 332 Å². The fourth-order valence-corrected chi connectivity index (χ4v) is 40.9. The maximum Gasteiger partial charge on any atom is 0.303 e. The van der Waals surface area contributed by atoms with E-state index in [1.165, 1.54) is 58.3 Å². The third-order valence-corrected chi connectivity index (χ3v) is 46.4. The van der Waals surface area contributed by atoms with Gasteiger partial charge in [0.15, 0.2) is 29.9 Å². The number of rotatable bonds is 6. The van der Waals surface area contributed by atoms with Crippen LogP contribution in [0.25, 0.3) is 0 Å². The number of carbonyl (C=O) groups excluding carboxylic acids is 1. The first-order valence-electron chi connectivity index (χ1n) is 51.3. The van der Waals surface area contributed by atoms with Crippen molar-refractivity contribution < 1.29 is 108 Å². The van der Waals surface area contributed by atoms with Gasteiger partial charge in [-0.1, -0.05) is 174 Å². The van der Waals surface area contributed by atoms with E-state index in [-0.39, 0.29) is 175 Å². The normalized spacial score (nSPS) is 59.9. The van der Waals surface area contributed by atoms with Crippen LogP contribution in [0.5, 0.6) is 0 Å². The van der Waals surface area contributed by atoms with E-state index in [0.717, 1.165) is 96.3 Å². The van der Waals surface area contributed by atoms with E-state index >= 15 is 0 Å². The van der Waals surface area contributed by atoms with Gasteiger partial charge in [-0.25, -0.2) is 0 Å². The van der Waals surface area contributed by atoms with Crippen molar-refractivity contribution >= 4 is 5.97 Å². The summed E-state index contributed by atoms with van der Waals surface area (Å²) in [5, 5.41) is 123. The van der Waals surface area contributed by atoms with E-state index < -0.39 is 108 Å². The predicted octanol–water partition coefficient (Wildman–Crippen LogP) is 14.9. The second-order valence-corrected chi connectivity index (χ2v) is 55.1. The maximum atomic E-state index is 12.7. The number of aliphatic hydroxyl groups is 11. The van der Waals surface area contributed by atoms with Gasteiger partial charge in [0.25, 0.3) is 0 Å². The molecule has 0 aromatic heterocycles. The molecule has 0 aromatic rings. The Morgan fingerprint density at radius 3 is 1.09 bits per heavy atom. The van der Waals surface area contributed by atoms with Crippen molar-refractivity contribution in [2.45, 2.75) is 474 Å². The Kier molecular flexibility index (Phi) is 21.6. The second kappa shape index (κ2) is 29.0. The Morgan fingerprint density at radius 1 is 0.391 bits per heavy atom. The lowest BCUT2D eigenvalue weighted by Gasteiger charge is -2.63. The molecule has 730 valence electrons. The first-order valence-corrected chi connectivity index (χ1v) is 51.3. The van der Waals surface area contributed by atoms with E-state index in [9.17, 15) is 61.0 Å². The minimum absolute atomic E-state index is 0. The highest BCUT2D eigenvalue weighted by atomic mass is 16.8. The van der Waals surface area contributed by atoms with E-state index in [1.54, 1.807) is 0 Å². The molecule has 7 heterocycles. The van der Waals surface area contributed by atoms with Crippen molar-refractivity contribution in [3.05, 3.63) is 0 Å². The fourth-order valence-electron chi connectivity index (χ4n) is 40.9. The van der Waals surface area contributed by atoms with Gasteiger partial charge < -0.3 is 104 Å². The van der Waals surface area contributed by atoms with E-state index in [4.69, 9.17) is 47.4 Å². The molecule has 47 atom stereocenters. The van der Waals surface area contributed by atoms with Crippen LogP contribution >= 0.6 is 0 Å². The smallest absolute Gasteiger partial charge is 0.303 e. The highest BCUT2D eigenvalue weighted by molar-refractivity contribution is 5.66. The van der Waals surface area contributed by atoms with Gasteiger partial charge in [0.05, 0.1) is 62.0 Å². The van der Waals surface area contributed by atoms with Crippen LogP contribution in [0, 0.1) is 168 Å². The maximum absolute atomic E-state index is 12.7. The summed E-state index contributed by atoms with van der Waals surface area (Å²) in [7, 11) is 0. The van der Waals surface area contributed by atoms with E-state index in [1.807, 2.05) is 20.8 Å². The van der Waals surface area contributed by atoms with Gasteiger partial charge in [-0.2, -0.15) is 0 Å². The summed E-state index contributed by atoms with van der Waals surface area (Å²) in [6.07, 6.45) is 12.4. The van der Waals surface area contributed by atoms with Gasteiger partial charge in [0.2, 0.25) is 0 Å². The Bertz CT molecular complexity index is 4290. The van der Waals surface area contributed by atoms with Crippen molar-refractivity contribution in [3.8, 4) is 0 Å². The highest BCUT2D eigenvalue weighted by Crippen LogP contribution is 2.95. The number of ether oxygens (including phenoxy) is 10. The van der Waals surface area contributed by atoms with Gasteiger partial charge >= 0.3 is 5.97 Å². The molecule has 22 rings (SSSR count). The van der Waals surface area contributed by atoms with Gasteiger partial charge in [0, 0.05) is 46.3 Å². The van der Waals surface area contributed by atoms with Crippen molar-refractivity contribution in [2.24, 2.45) is 168 Å². The zero-order valence-electron chi connectivity index (χ0n) is 82.3. The van der Waals surface area contributed by atoms with E-state index in [2.05, 4.69) is 145 Å². The summed E-state index contributed by atoms with van der Waals surface area (Å²) in [5.41, 5.74) is -0.990. The third kappa shape index (κ3) is 11.6. The average Bonchev–Trinajstić information content (AvgIpc) is 1.49. The molecule has 7 saturated heterocycles. The first kappa shape index (κ1) is 95.6. The van der Waals surface area contributed by atoms with Gasteiger partial charge in [-0.05, 0) is 283 Å². The molecule has 0 aromatic carbocycles. The van der Waals surface area contributed by atoms with Crippen LogP contribution < -0.4 is 0 Å². The van der Waals surface area contributed by atoms with Crippen LogP contribution in [-0.2, 0) is 52.2 Å². The van der Waals surface area contributed by atoms with Crippen LogP contribution in [0.4, 0.5) is 0 Å². The molecule has 47 unspecified atom stereocenters. The fraction of sp³-hybridized carbons (Fsp3) is 0.991. The Hall–Kier alpha value is -1.33. The summed E-state index contributed by atoms with van der Waals surface area (Å²) in [4.78, 5) is 12.2. The largest absolute Gasteiger partial charge is 0.459 e. The molecule has 7 aliphatic heterocycles. The van der Waals surface area contributed by atoms with Crippen LogP contribution in [0.15, 0.2) is 0 Å². The number of hydrogen-bond donors (Lipinski definition) is 11.